The molecule has 96 valence electrons. The first-order valence-electron chi connectivity index (χ1n) is 6.00. The minimum Gasteiger partial charge on any atom is -0.451 e. The molecule has 0 radical (unpaired) electrons. The molecule has 0 aliphatic rings. The van der Waals surface area contributed by atoms with Crippen LogP contribution >= 0.6 is 0 Å². The lowest BCUT2D eigenvalue weighted by molar-refractivity contribution is 0.0821. The number of para-hydroxylation sites is 1. The van der Waals surface area contributed by atoms with Gasteiger partial charge in [-0.15, -0.1) is 0 Å². The number of aliphatic hydroxyl groups excluding tert-OH is 1. The number of aliphatic hydroxyl groups is 1. The molecule has 0 aliphatic heterocycles. The SMILES string of the molecule is CCC(C)(CO)NC(=O)c1cc2ccccc2o1. The number of rotatable bonds is 4. The summed E-state index contributed by atoms with van der Waals surface area (Å²) in [6, 6.07) is 9.16. The van der Waals surface area contributed by atoms with Crippen LogP contribution in [-0.4, -0.2) is 23.2 Å². The minimum atomic E-state index is -0.615. The molecule has 18 heavy (non-hydrogen) atoms. The molecule has 0 saturated carbocycles. The molecule has 1 aromatic carbocycles. The molecule has 2 aromatic rings. The van der Waals surface area contributed by atoms with Gasteiger partial charge < -0.3 is 14.8 Å². The summed E-state index contributed by atoms with van der Waals surface area (Å²) in [4.78, 5) is 12.0. The summed E-state index contributed by atoms with van der Waals surface area (Å²) in [7, 11) is 0. The first-order valence-corrected chi connectivity index (χ1v) is 6.00. The van der Waals surface area contributed by atoms with Gasteiger partial charge in [0.1, 0.15) is 5.58 Å². The van der Waals surface area contributed by atoms with Crippen LogP contribution in [0, 0.1) is 0 Å². The third kappa shape index (κ3) is 2.38. The Kier molecular flexibility index (Phi) is 3.39. The fourth-order valence-electron chi connectivity index (χ4n) is 1.67. The van der Waals surface area contributed by atoms with E-state index in [-0.39, 0.29) is 18.3 Å². The molecular formula is C14H17NO3. The molecule has 1 heterocycles. The smallest absolute Gasteiger partial charge is 0.287 e. The molecule has 4 heteroatoms. The number of fused-ring (bicyclic) bond motifs is 1. The Balaban J connectivity index is 2.23. The van der Waals surface area contributed by atoms with E-state index in [2.05, 4.69) is 5.32 Å². The average molecular weight is 247 g/mol. The fraction of sp³-hybridized carbons (Fsp3) is 0.357. The van der Waals surface area contributed by atoms with Gasteiger partial charge in [0.25, 0.3) is 5.91 Å². The summed E-state index contributed by atoms with van der Waals surface area (Å²) in [5.41, 5.74) is 0.0700. The van der Waals surface area contributed by atoms with Crippen molar-refractivity contribution in [2.75, 3.05) is 6.61 Å². The van der Waals surface area contributed by atoms with Crippen LogP contribution in [0.2, 0.25) is 0 Å². The molecule has 0 spiro atoms. The van der Waals surface area contributed by atoms with Crippen molar-refractivity contribution in [3.8, 4) is 0 Å². The van der Waals surface area contributed by atoms with Crippen molar-refractivity contribution in [2.24, 2.45) is 0 Å². The summed E-state index contributed by atoms with van der Waals surface area (Å²) in [6.45, 7) is 3.61. The molecule has 0 aliphatic carbocycles. The lowest BCUT2D eigenvalue weighted by atomic mass is 10.0. The maximum atomic E-state index is 12.0. The van der Waals surface area contributed by atoms with Gasteiger partial charge in [0.2, 0.25) is 0 Å². The maximum Gasteiger partial charge on any atom is 0.287 e. The Morgan fingerprint density at radius 3 is 2.78 bits per heavy atom. The highest BCUT2D eigenvalue weighted by Gasteiger charge is 2.25. The van der Waals surface area contributed by atoms with Gasteiger partial charge in [-0.1, -0.05) is 25.1 Å². The zero-order valence-corrected chi connectivity index (χ0v) is 10.6. The van der Waals surface area contributed by atoms with Crippen molar-refractivity contribution in [3.63, 3.8) is 0 Å². The van der Waals surface area contributed by atoms with Crippen LogP contribution in [0.1, 0.15) is 30.8 Å². The summed E-state index contributed by atoms with van der Waals surface area (Å²) in [6.07, 6.45) is 0.648. The molecule has 1 unspecified atom stereocenters. The molecular weight excluding hydrogens is 230 g/mol. The van der Waals surface area contributed by atoms with Gasteiger partial charge in [-0.25, -0.2) is 0 Å². The molecule has 2 rings (SSSR count). The Hall–Kier alpha value is -1.81. The number of hydrogen-bond donors (Lipinski definition) is 2. The van der Waals surface area contributed by atoms with Crippen molar-refractivity contribution in [1.29, 1.82) is 0 Å². The van der Waals surface area contributed by atoms with Crippen LogP contribution in [-0.2, 0) is 0 Å². The van der Waals surface area contributed by atoms with Crippen molar-refractivity contribution in [3.05, 3.63) is 36.1 Å². The number of carbonyl (C=O) groups is 1. The third-order valence-electron chi connectivity index (χ3n) is 3.19. The van der Waals surface area contributed by atoms with Crippen LogP contribution < -0.4 is 5.32 Å². The van der Waals surface area contributed by atoms with E-state index in [0.717, 1.165) is 5.39 Å². The zero-order chi connectivity index (χ0) is 13.2. The van der Waals surface area contributed by atoms with Gasteiger partial charge in [-0.05, 0) is 25.5 Å². The van der Waals surface area contributed by atoms with E-state index in [1.54, 1.807) is 13.0 Å². The van der Waals surface area contributed by atoms with Gasteiger partial charge >= 0.3 is 0 Å². The monoisotopic (exact) mass is 247 g/mol. The second-order valence-corrected chi connectivity index (χ2v) is 4.67. The lowest BCUT2D eigenvalue weighted by Gasteiger charge is -2.26. The predicted molar refractivity (Wildman–Crippen MR) is 69.5 cm³/mol. The van der Waals surface area contributed by atoms with Gasteiger partial charge in [-0.3, -0.25) is 4.79 Å². The molecule has 0 saturated heterocycles. The summed E-state index contributed by atoms with van der Waals surface area (Å²) >= 11 is 0. The van der Waals surface area contributed by atoms with Gasteiger partial charge in [0.15, 0.2) is 5.76 Å². The van der Waals surface area contributed by atoms with E-state index in [1.807, 2.05) is 31.2 Å². The van der Waals surface area contributed by atoms with E-state index < -0.39 is 5.54 Å². The lowest BCUT2D eigenvalue weighted by Crippen LogP contribution is -2.48. The second kappa shape index (κ2) is 4.82. The number of nitrogens with one attached hydrogen (secondary N) is 1. The number of carbonyl (C=O) groups excluding carboxylic acids is 1. The maximum absolute atomic E-state index is 12.0. The van der Waals surface area contributed by atoms with E-state index in [4.69, 9.17) is 4.42 Å². The molecule has 0 bridgehead atoms. The first kappa shape index (κ1) is 12.6. The zero-order valence-electron chi connectivity index (χ0n) is 10.6. The van der Waals surface area contributed by atoms with Gasteiger partial charge in [0.05, 0.1) is 12.1 Å². The quantitative estimate of drug-likeness (QED) is 0.871. The van der Waals surface area contributed by atoms with E-state index >= 15 is 0 Å². The topological polar surface area (TPSA) is 62.5 Å². The highest BCUT2D eigenvalue weighted by Crippen LogP contribution is 2.19. The van der Waals surface area contributed by atoms with Crippen LogP contribution in [0.15, 0.2) is 34.7 Å². The molecule has 0 fully saturated rings. The largest absolute Gasteiger partial charge is 0.451 e. The highest BCUT2D eigenvalue weighted by atomic mass is 16.3. The Bertz CT molecular complexity index is 522. The van der Waals surface area contributed by atoms with Crippen molar-refractivity contribution < 1.29 is 14.3 Å². The summed E-state index contributed by atoms with van der Waals surface area (Å²) in [5.74, 6) is -0.0334. The van der Waals surface area contributed by atoms with Crippen LogP contribution in [0.4, 0.5) is 0 Å². The Labute approximate surface area is 106 Å². The van der Waals surface area contributed by atoms with Crippen molar-refractivity contribution >= 4 is 16.9 Å². The number of hydrogen-bond acceptors (Lipinski definition) is 3. The summed E-state index contributed by atoms with van der Waals surface area (Å²) in [5, 5.41) is 13.0. The van der Waals surface area contributed by atoms with Crippen molar-refractivity contribution in [1.82, 2.24) is 5.32 Å². The van der Waals surface area contributed by atoms with Crippen LogP contribution in [0.3, 0.4) is 0 Å². The van der Waals surface area contributed by atoms with Crippen LogP contribution in [0.25, 0.3) is 11.0 Å². The molecule has 2 N–H and O–H groups in total. The first-order chi connectivity index (χ1) is 8.58. The van der Waals surface area contributed by atoms with Gasteiger partial charge in [0, 0.05) is 5.39 Å². The third-order valence-corrected chi connectivity index (χ3v) is 3.19. The normalized spacial score (nSPS) is 14.4. The van der Waals surface area contributed by atoms with Crippen molar-refractivity contribution in [2.45, 2.75) is 25.8 Å². The number of amides is 1. The number of furan rings is 1. The van der Waals surface area contributed by atoms with Crippen LogP contribution in [0.5, 0.6) is 0 Å². The number of benzene rings is 1. The molecule has 4 nitrogen and oxygen atoms in total. The Morgan fingerprint density at radius 1 is 1.44 bits per heavy atom. The molecule has 1 atom stereocenters. The molecule has 1 amide bonds. The van der Waals surface area contributed by atoms with E-state index in [1.165, 1.54) is 0 Å². The minimum absolute atomic E-state index is 0.102. The second-order valence-electron chi connectivity index (χ2n) is 4.67. The highest BCUT2D eigenvalue weighted by molar-refractivity contribution is 5.96. The van der Waals surface area contributed by atoms with Gasteiger partial charge in [-0.2, -0.15) is 0 Å². The Morgan fingerprint density at radius 2 is 2.17 bits per heavy atom. The molecule has 1 aromatic heterocycles. The standard InChI is InChI=1S/C14H17NO3/c1-3-14(2,9-16)15-13(17)12-8-10-6-4-5-7-11(10)18-12/h4-8,16H,3,9H2,1-2H3,(H,15,17). The fourth-order valence-corrected chi connectivity index (χ4v) is 1.67. The predicted octanol–water partition coefficient (Wildman–Crippen LogP) is 2.32. The van der Waals surface area contributed by atoms with E-state index in [9.17, 15) is 9.90 Å². The summed E-state index contributed by atoms with van der Waals surface area (Å²) < 4.78 is 5.47. The van der Waals surface area contributed by atoms with E-state index in [0.29, 0.717) is 12.0 Å². The average Bonchev–Trinajstić information content (AvgIpc) is 2.82.